The van der Waals surface area contributed by atoms with Gasteiger partial charge in [0.2, 0.25) is 0 Å². The first-order chi connectivity index (χ1) is 11.6. The minimum atomic E-state index is -0.213. The molecule has 0 heterocycles. The van der Waals surface area contributed by atoms with Gasteiger partial charge < -0.3 is 0 Å². The highest BCUT2D eigenvalue weighted by Crippen LogP contribution is 2.39. The normalized spacial score (nSPS) is 14.0. The van der Waals surface area contributed by atoms with Gasteiger partial charge in [-0.25, -0.2) is 0 Å². The standard InChI is InChI=1S/C25H36/c1-10-13-14-25(12-3,20(6)11-2)18-21-15-22(19(4)5)17-23(16-21)24(7,8)9/h2,12,15-17,19H,3,6,10,13-14,18H2,1,4-5,7-9H3. The second-order valence-electron chi connectivity index (χ2n) is 8.63. The van der Waals surface area contributed by atoms with Gasteiger partial charge in [0.25, 0.3) is 0 Å². The Bertz CT molecular complexity index is 646. The van der Waals surface area contributed by atoms with E-state index < -0.39 is 0 Å². The summed E-state index contributed by atoms with van der Waals surface area (Å²) >= 11 is 0. The van der Waals surface area contributed by atoms with Crippen LogP contribution in [0.3, 0.4) is 0 Å². The van der Waals surface area contributed by atoms with Crippen LogP contribution in [0.15, 0.2) is 43.0 Å². The monoisotopic (exact) mass is 336 g/mol. The largest absolute Gasteiger partial charge is 0.115 e. The molecule has 1 aromatic rings. The quantitative estimate of drug-likeness (QED) is 0.348. The molecule has 0 amide bonds. The van der Waals surface area contributed by atoms with Crippen molar-refractivity contribution in [3.63, 3.8) is 0 Å². The molecular weight excluding hydrogens is 300 g/mol. The summed E-state index contributed by atoms with van der Waals surface area (Å²) in [5, 5.41) is 0. The summed E-state index contributed by atoms with van der Waals surface area (Å²) in [5.41, 5.74) is 4.88. The van der Waals surface area contributed by atoms with E-state index >= 15 is 0 Å². The Morgan fingerprint density at radius 1 is 1.24 bits per heavy atom. The third-order valence-electron chi connectivity index (χ3n) is 5.21. The van der Waals surface area contributed by atoms with Gasteiger partial charge in [0.05, 0.1) is 0 Å². The van der Waals surface area contributed by atoms with E-state index in [1.165, 1.54) is 16.7 Å². The number of benzene rings is 1. The fraction of sp³-hybridized carbons (Fsp3) is 0.520. The Morgan fingerprint density at radius 2 is 1.88 bits per heavy atom. The molecule has 0 spiro atoms. The molecule has 0 saturated carbocycles. The van der Waals surface area contributed by atoms with Gasteiger partial charge in [-0.15, -0.1) is 13.0 Å². The molecule has 136 valence electrons. The average molecular weight is 337 g/mol. The lowest BCUT2D eigenvalue weighted by Gasteiger charge is -2.32. The summed E-state index contributed by atoms with van der Waals surface area (Å²) in [6.07, 6.45) is 11.9. The number of hydrogen-bond acceptors (Lipinski definition) is 0. The van der Waals surface area contributed by atoms with Gasteiger partial charge in [0.1, 0.15) is 0 Å². The summed E-state index contributed by atoms with van der Waals surface area (Å²) in [7, 11) is 0. The number of rotatable bonds is 8. The molecular formula is C25H36. The molecule has 0 aliphatic carbocycles. The zero-order valence-electron chi connectivity index (χ0n) is 17.2. The van der Waals surface area contributed by atoms with Crippen molar-refractivity contribution < 1.29 is 0 Å². The van der Waals surface area contributed by atoms with Gasteiger partial charge in [-0.2, -0.15) is 0 Å². The number of terminal acetylenes is 1. The van der Waals surface area contributed by atoms with Crippen LogP contribution in [0, 0.1) is 17.8 Å². The van der Waals surface area contributed by atoms with Crippen LogP contribution in [0.4, 0.5) is 0 Å². The molecule has 0 nitrogen and oxygen atoms in total. The molecule has 0 fully saturated rings. The summed E-state index contributed by atoms with van der Waals surface area (Å²) < 4.78 is 0. The minimum absolute atomic E-state index is 0.128. The second kappa shape index (κ2) is 8.57. The molecule has 0 bridgehead atoms. The van der Waals surface area contributed by atoms with Crippen molar-refractivity contribution in [2.45, 2.75) is 78.6 Å². The van der Waals surface area contributed by atoms with Crippen molar-refractivity contribution in [1.29, 1.82) is 0 Å². The topological polar surface area (TPSA) is 0 Å². The fourth-order valence-corrected chi connectivity index (χ4v) is 3.23. The maximum atomic E-state index is 5.74. The van der Waals surface area contributed by atoms with Crippen LogP contribution in [0.25, 0.3) is 0 Å². The Kier molecular flexibility index (Phi) is 7.30. The zero-order chi connectivity index (χ0) is 19.3. The molecule has 0 aliphatic heterocycles. The van der Waals surface area contributed by atoms with Crippen LogP contribution < -0.4 is 0 Å². The number of allylic oxidation sites excluding steroid dienone is 2. The first-order valence-electron chi connectivity index (χ1n) is 9.53. The summed E-state index contributed by atoms with van der Waals surface area (Å²) in [4.78, 5) is 0. The van der Waals surface area contributed by atoms with E-state index in [9.17, 15) is 0 Å². The predicted molar refractivity (Wildman–Crippen MR) is 113 cm³/mol. The fourth-order valence-electron chi connectivity index (χ4n) is 3.23. The summed E-state index contributed by atoms with van der Waals surface area (Å²) in [5.74, 6) is 3.31. The van der Waals surface area contributed by atoms with Gasteiger partial charge in [0.15, 0.2) is 0 Å². The average Bonchev–Trinajstić information content (AvgIpc) is 2.56. The Labute approximate surface area is 156 Å². The Balaban J connectivity index is 3.41. The maximum Gasteiger partial charge on any atom is 0.0243 e. The van der Waals surface area contributed by atoms with E-state index in [0.29, 0.717) is 5.92 Å². The lowest BCUT2D eigenvalue weighted by Crippen LogP contribution is -2.23. The Morgan fingerprint density at radius 3 is 2.32 bits per heavy atom. The zero-order valence-corrected chi connectivity index (χ0v) is 17.2. The minimum Gasteiger partial charge on any atom is -0.115 e. The van der Waals surface area contributed by atoms with Gasteiger partial charge in [-0.3, -0.25) is 0 Å². The molecule has 0 heteroatoms. The van der Waals surface area contributed by atoms with E-state index in [1.807, 2.05) is 6.08 Å². The molecule has 1 unspecified atom stereocenters. The lowest BCUT2D eigenvalue weighted by molar-refractivity contribution is 0.414. The van der Waals surface area contributed by atoms with E-state index in [4.69, 9.17) is 6.42 Å². The van der Waals surface area contributed by atoms with Crippen molar-refractivity contribution in [2.24, 2.45) is 5.41 Å². The molecule has 1 aromatic carbocycles. The highest BCUT2D eigenvalue weighted by Gasteiger charge is 2.30. The summed E-state index contributed by atoms with van der Waals surface area (Å²) in [6, 6.07) is 7.04. The highest BCUT2D eigenvalue weighted by molar-refractivity contribution is 5.40. The molecule has 0 N–H and O–H groups in total. The third kappa shape index (κ3) is 5.37. The van der Waals surface area contributed by atoms with Gasteiger partial charge >= 0.3 is 0 Å². The molecule has 0 saturated heterocycles. The SMILES string of the molecule is C#CC(=C)C(C=C)(CCCC)Cc1cc(C(C)C)cc(C(C)(C)C)c1. The highest BCUT2D eigenvalue weighted by atomic mass is 14.3. The molecule has 25 heavy (non-hydrogen) atoms. The predicted octanol–water partition coefficient (Wildman–Crippen LogP) is 7.20. The van der Waals surface area contributed by atoms with E-state index in [1.54, 1.807) is 0 Å². The maximum absolute atomic E-state index is 5.74. The molecule has 1 rings (SSSR count). The first kappa shape index (κ1) is 21.3. The van der Waals surface area contributed by atoms with Crippen LogP contribution in [0.2, 0.25) is 0 Å². The Hall–Kier alpha value is -1.74. The first-order valence-corrected chi connectivity index (χ1v) is 9.53. The van der Waals surface area contributed by atoms with E-state index in [2.05, 4.69) is 78.8 Å². The van der Waals surface area contributed by atoms with Gasteiger partial charge in [-0.05, 0) is 40.9 Å². The van der Waals surface area contributed by atoms with Crippen molar-refractivity contribution in [2.75, 3.05) is 0 Å². The number of unbranched alkanes of at least 4 members (excludes halogenated alkanes) is 1. The molecule has 1 atom stereocenters. The molecule has 0 aliphatic rings. The van der Waals surface area contributed by atoms with Crippen molar-refractivity contribution in [1.82, 2.24) is 0 Å². The smallest absolute Gasteiger partial charge is 0.0243 e. The van der Waals surface area contributed by atoms with Crippen LogP contribution in [0.1, 0.15) is 83.4 Å². The van der Waals surface area contributed by atoms with Crippen LogP contribution >= 0.6 is 0 Å². The van der Waals surface area contributed by atoms with Gasteiger partial charge in [0, 0.05) is 11.0 Å². The summed E-state index contributed by atoms with van der Waals surface area (Å²) in [6.45, 7) is 21.8. The van der Waals surface area contributed by atoms with Crippen LogP contribution in [0.5, 0.6) is 0 Å². The van der Waals surface area contributed by atoms with Crippen molar-refractivity contribution >= 4 is 0 Å². The lowest BCUT2D eigenvalue weighted by atomic mass is 9.71. The van der Waals surface area contributed by atoms with E-state index in [-0.39, 0.29) is 10.8 Å². The second-order valence-corrected chi connectivity index (χ2v) is 8.63. The van der Waals surface area contributed by atoms with E-state index in [0.717, 1.165) is 31.3 Å². The van der Waals surface area contributed by atoms with Crippen molar-refractivity contribution in [3.8, 4) is 12.3 Å². The number of hydrogen-bond donors (Lipinski definition) is 0. The third-order valence-corrected chi connectivity index (χ3v) is 5.21. The van der Waals surface area contributed by atoms with Crippen LogP contribution in [-0.2, 0) is 11.8 Å². The van der Waals surface area contributed by atoms with Crippen LogP contribution in [-0.4, -0.2) is 0 Å². The molecule has 0 aromatic heterocycles. The molecule has 0 radical (unpaired) electrons. The van der Waals surface area contributed by atoms with Crippen molar-refractivity contribution in [3.05, 3.63) is 59.7 Å². The van der Waals surface area contributed by atoms with Gasteiger partial charge in [-0.1, -0.05) is 91.2 Å².